The molecule has 0 unspecified atom stereocenters. The molecule has 0 aromatic heterocycles. The van der Waals surface area contributed by atoms with Gasteiger partial charge in [0.2, 0.25) is 0 Å². The molecule has 0 saturated heterocycles. The summed E-state index contributed by atoms with van der Waals surface area (Å²) in [5, 5.41) is 0. The molecule has 0 spiro atoms. The summed E-state index contributed by atoms with van der Waals surface area (Å²) in [4.78, 5) is 0. The molecule has 0 aliphatic heterocycles. The van der Waals surface area contributed by atoms with Crippen LogP contribution in [0.1, 0.15) is 64.7 Å². The molecular weight excluding hydrogens is 176 g/mol. The van der Waals surface area contributed by atoms with Crippen molar-refractivity contribution in [1.82, 2.24) is 0 Å². The minimum Gasteiger partial charge on any atom is -0.179 e. The van der Waals surface area contributed by atoms with Crippen molar-refractivity contribution in [3.05, 3.63) is 0 Å². The molecule has 0 bridgehead atoms. The summed E-state index contributed by atoms with van der Waals surface area (Å²) in [6.07, 6.45) is 13.0. The maximum absolute atomic E-state index is 4.23. The second kappa shape index (κ2) is 5.95. The summed E-state index contributed by atoms with van der Waals surface area (Å²) < 4.78 is 0. The van der Waals surface area contributed by atoms with Gasteiger partial charge in [-0.05, 0) is 36.9 Å². The Kier molecular flexibility index (Phi) is 5.23. The second-order valence-electron chi connectivity index (χ2n) is 4.91. The van der Waals surface area contributed by atoms with Crippen molar-refractivity contribution in [3.63, 3.8) is 0 Å². The van der Waals surface area contributed by atoms with Gasteiger partial charge in [-0.25, -0.2) is 0 Å². The van der Waals surface area contributed by atoms with Gasteiger partial charge in [0.05, 0.1) is 0 Å². The third-order valence-electron chi connectivity index (χ3n) is 3.50. The largest absolute Gasteiger partial charge is 0.179 e. The SMILES string of the molecule is CC1(CCCCCCS)CCCC1. The van der Waals surface area contributed by atoms with Crippen molar-refractivity contribution in [3.8, 4) is 0 Å². The number of hydrogen-bond acceptors (Lipinski definition) is 1. The van der Waals surface area contributed by atoms with Crippen LogP contribution in [0.3, 0.4) is 0 Å². The van der Waals surface area contributed by atoms with E-state index in [1.54, 1.807) is 0 Å². The van der Waals surface area contributed by atoms with Crippen LogP contribution in [0.2, 0.25) is 0 Å². The lowest BCUT2D eigenvalue weighted by Crippen LogP contribution is -2.10. The van der Waals surface area contributed by atoms with E-state index in [2.05, 4.69) is 19.6 Å². The number of rotatable bonds is 6. The second-order valence-corrected chi connectivity index (χ2v) is 5.35. The maximum Gasteiger partial charge on any atom is -0.00979 e. The predicted octanol–water partition coefficient (Wildman–Crippen LogP) is 4.45. The van der Waals surface area contributed by atoms with Gasteiger partial charge in [-0.1, -0.05) is 39.0 Å². The molecule has 0 nitrogen and oxygen atoms in total. The molecule has 78 valence electrons. The molecule has 1 fully saturated rings. The first-order chi connectivity index (χ1) is 6.27. The number of thiol groups is 1. The van der Waals surface area contributed by atoms with Crippen LogP contribution in [-0.2, 0) is 0 Å². The summed E-state index contributed by atoms with van der Waals surface area (Å²) >= 11 is 4.23. The van der Waals surface area contributed by atoms with Crippen LogP contribution in [0.5, 0.6) is 0 Å². The molecule has 1 aliphatic carbocycles. The van der Waals surface area contributed by atoms with Crippen molar-refractivity contribution in [2.24, 2.45) is 5.41 Å². The molecule has 0 aromatic rings. The zero-order valence-electron chi connectivity index (χ0n) is 9.02. The topological polar surface area (TPSA) is 0 Å². The Balaban J connectivity index is 1.98. The van der Waals surface area contributed by atoms with Gasteiger partial charge in [0.15, 0.2) is 0 Å². The van der Waals surface area contributed by atoms with Crippen molar-refractivity contribution >= 4 is 12.6 Å². The van der Waals surface area contributed by atoms with E-state index in [-0.39, 0.29) is 0 Å². The normalized spacial score (nSPS) is 20.8. The van der Waals surface area contributed by atoms with Crippen LogP contribution in [0.4, 0.5) is 0 Å². The molecule has 0 N–H and O–H groups in total. The van der Waals surface area contributed by atoms with Crippen molar-refractivity contribution in [1.29, 1.82) is 0 Å². The Labute approximate surface area is 88.9 Å². The van der Waals surface area contributed by atoms with Gasteiger partial charge in [-0.15, -0.1) is 0 Å². The first-order valence-corrected chi connectivity index (χ1v) is 6.51. The Bertz CT molecular complexity index is 125. The van der Waals surface area contributed by atoms with Crippen LogP contribution in [0.15, 0.2) is 0 Å². The molecule has 1 saturated carbocycles. The lowest BCUT2D eigenvalue weighted by atomic mass is 9.83. The number of unbranched alkanes of at least 4 members (excludes halogenated alkanes) is 3. The van der Waals surface area contributed by atoms with Gasteiger partial charge >= 0.3 is 0 Å². The van der Waals surface area contributed by atoms with Crippen LogP contribution >= 0.6 is 12.6 Å². The molecule has 1 rings (SSSR count). The fourth-order valence-electron chi connectivity index (χ4n) is 2.50. The Morgan fingerprint density at radius 1 is 1.00 bits per heavy atom. The maximum atomic E-state index is 4.23. The molecule has 1 heteroatoms. The van der Waals surface area contributed by atoms with E-state index >= 15 is 0 Å². The first kappa shape index (κ1) is 11.4. The summed E-state index contributed by atoms with van der Waals surface area (Å²) in [6.45, 7) is 2.48. The van der Waals surface area contributed by atoms with Crippen LogP contribution < -0.4 is 0 Å². The van der Waals surface area contributed by atoms with Crippen molar-refractivity contribution in [2.75, 3.05) is 5.75 Å². The highest BCUT2D eigenvalue weighted by Gasteiger charge is 2.27. The van der Waals surface area contributed by atoms with Gasteiger partial charge < -0.3 is 0 Å². The monoisotopic (exact) mass is 200 g/mol. The average Bonchev–Trinajstić information content (AvgIpc) is 2.53. The van der Waals surface area contributed by atoms with E-state index in [1.165, 1.54) is 57.8 Å². The Morgan fingerprint density at radius 2 is 1.62 bits per heavy atom. The third-order valence-corrected chi connectivity index (χ3v) is 3.82. The Hall–Kier alpha value is 0.350. The van der Waals surface area contributed by atoms with E-state index in [0.717, 1.165) is 11.2 Å². The van der Waals surface area contributed by atoms with E-state index in [9.17, 15) is 0 Å². The fourth-order valence-corrected chi connectivity index (χ4v) is 2.72. The number of hydrogen-bond donors (Lipinski definition) is 1. The summed E-state index contributed by atoms with van der Waals surface area (Å²) in [5.74, 6) is 1.07. The lowest BCUT2D eigenvalue weighted by Gasteiger charge is -2.22. The predicted molar refractivity (Wildman–Crippen MR) is 63.5 cm³/mol. The lowest BCUT2D eigenvalue weighted by molar-refractivity contribution is 0.295. The highest BCUT2D eigenvalue weighted by atomic mass is 32.1. The van der Waals surface area contributed by atoms with E-state index < -0.39 is 0 Å². The minimum absolute atomic E-state index is 0.723. The Morgan fingerprint density at radius 3 is 2.23 bits per heavy atom. The molecule has 1 aliphatic rings. The van der Waals surface area contributed by atoms with Gasteiger partial charge in [0.25, 0.3) is 0 Å². The van der Waals surface area contributed by atoms with E-state index in [0.29, 0.717) is 0 Å². The molecule has 0 atom stereocenters. The molecule has 0 aromatic carbocycles. The van der Waals surface area contributed by atoms with E-state index in [4.69, 9.17) is 0 Å². The van der Waals surface area contributed by atoms with E-state index in [1.807, 2.05) is 0 Å². The zero-order valence-corrected chi connectivity index (χ0v) is 9.91. The van der Waals surface area contributed by atoms with Gasteiger partial charge in [0.1, 0.15) is 0 Å². The van der Waals surface area contributed by atoms with Crippen LogP contribution in [0, 0.1) is 5.41 Å². The smallest absolute Gasteiger partial charge is 0.00979 e. The van der Waals surface area contributed by atoms with Crippen molar-refractivity contribution in [2.45, 2.75) is 64.7 Å². The van der Waals surface area contributed by atoms with Gasteiger partial charge in [-0.2, -0.15) is 12.6 Å². The highest BCUT2D eigenvalue weighted by Crippen LogP contribution is 2.41. The quantitative estimate of drug-likeness (QED) is 0.475. The molecule has 0 heterocycles. The van der Waals surface area contributed by atoms with Gasteiger partial charge in [-0.3, -0.25) is 0 Å². The summed E-state index contributed by atoms with van der Waals surface area (Å²) in [6, 6.07) is 0. The molecule has 0 amide bonds. The highest BCUT2D eigenvalue weighted by molar-refractivity contribution is 7.80. The van der Waals surface area contributed by atoms with Crippen LogP contribution in [0.25, 0.3) is 0 Å². The summed E-state index contributed by atoms with van der Waals surface area (Å²) in [5.41, 5.74) is 0.723. The average molecular weight is 200 g/mol. The fraction of sp³-hybridized carbons (Fsp3) is 1.00. The molecule has 13 heavy (non-hydrogen) atoms. The first-order valence-electron chi connectivity index (χ1n) is 5.88. The van der Waals surface area contributed by atoms with Crippen molar-refractivity contribution < 1.29 is 0 Å². The third kappa shape index (κ3) is 4.39. The summed E-state index contributed by atoms with van der Waals surface area (Å²) in [7, 11) is 0. The van der Waals surface area contributed by atoms with Crippen LogP contribution in [-0.4, -0.2) is 5.75 Å². The zero-order chi connectivity index (χ0) is 9.57. The molecular formula is C12H24S. The standard InChI is InChI=1S/C12H24S/c1-12(9-5-6-10-12)8-4-2-3-7-11-13/h13H,2-11H2,1H3. The minimum atomic E-state index is 0.723. The van der Waals surface area contributed by atoms with Gasteiger partial charge in [0, 0.05) is 0 Å². The molecule has 0 radical (unpaired) electrons.